The highest BCUT2D eigenvalue weighted by atomic mass is 32.1. The molecule has 0 aliphatic carbocycles. The van der Waals surface area contributed by atoms with E-state index in [1.54, 1.807) is 0 Å². The van der Waals surface area contributed by atoms with Gasteiger partial charge in [-0.2, -0.15) is 0 Å². The minimum absolute atomic E-state index is 0.123. The minimum Gasteiger partial charge on any atom is -0.486 e. The molecule has 0 saturated carbocycles. The maximum absolute atomic E-state index is 12.6. The van der Waals surface area contributed by atoms with E-state index in [-0.39, 0.29) is 12.7 Å². The van der Waals surface area contributed by atoms with E-state index in [4.69, 9.17) is 14.2 Å². The van der Waals surface area contributed by atoms with Crippen LogP contribution in [0.3, 0.4) is 0 Å². The molecule has 4 rings (SSSR count). The number of rotatable bonds is 4. The number of thiazole rings is 1. The average Bonchev–Trinajstić information content (AvgIpc) is 3.08. The van der Waals surface area contributed by atoms with Gasteiger partial charge >= 0.3 is 5.97 Å². The molecule has 6 heteroatoms. The molecule has 0 fully saturated rings. The van der Waals surface area contributed by atoms with E-state index in [1.807, 2.05) is 61.5 Å². The molecule has 2 heterocycles. The summed E-state index contributed by atoms with van der Waals surface area (Å²) in [7, 11) is 0. The van der Waals surface area contributed by atoms with Gasteiger partial charge in [0.15, 0.2) is 17.6 Å². The van der Waals surface area contributed by atoms with Gasteiger partial charge in [0.1, 0.15) is 18.1 Å². The summed E-state index contributed by atoms with van der Waals surface area (Å²) in [5, 5.41) is 0.821. The Morgan fingerprint density at radius 2 is 1.88 bits per heavy atom. The lowest BCUT2D eigenvalue weighted by Gasteiger charge is -2.25. The quantitative estimate of drug-likeness (QED) is 0.650. The zero-order valence-electron chi connectivity index (χ0n) is 14.2. The summed E-state index contributed by atoms with van der Waals surface area (Å²) in [5.74, 6) is 0.981. The van der Waals surface area contributed by atoms with Crippen LogP contribution >= 0.6 is 11.3 Å². The number of aryl methyl sites for hydroxylation is 1. The Hall–Kier alpha value is -2.86. The molecule has 1 aliphatic heterocycles. The number of hydrogen-bond acceptors (Lipinski definition) is 6. The van der Waals surface area contributed by atoms with Crippen molar-refractivity contribution in [1.82, 2.24) is 4.98 Å². The first-order chi connectivity index (χ1) is 12.7. The summed E-state index contributed by atoms with van der Waals surface area (Å²) >= 11 is 1.33. The van der Waals surface area contributed by atoms with Crippen molar-refractivity contribution in [2.75, 3.05) is 13.2 Å². The number of carbonyl (C=O) groups excluding carboxylic acids is 1. The smallest absolute Gasteiger partial charge is 0.350 e. The Balaban J connectivity index is 1.45. The number of aromatic nitrogens is 1. The van der Waals surface area contributed by atoms with Crippen LogP contribution in [0.5, 0.6) is 11.5 Å². The highest BCUT2D eigenvalue weighted by Crippen LogP contribution is 2.31. The highest BCUT2D eigenvalue weighted by molar-refractivity contribution is 7.14. The molecule has 0 N–H and O–H groups in total. The van der Waals surface area contributed by atoms with Crippen LogP contribution in [0.1, 0.15) is 14.7 Å². The van der Waals surface area contributed by atoms with Gasteiger partial charge in [-0.25, -0.2) is 9.78 Å². The standard InChI is InChI=1S/C20H17NO4S/c1-13-21-18(14-7-3-2-4-8-14)19(26-13)20(22)24-12-15-11-23-16-9-5-6-10-17(16)25-15/h2-10,15H,11-12H2,1H3/t15-/m0/s1. The Kier molecular flexibility index (Phi) is 4.58. The highest BCUT2D eigenvalue weighted by Gasteiger charge is 2.24. The van der Waals surface area contributed by atoms with Gasteiger partial charge < -0.3 is 14.2 Å². The van der Waals surface area contributed by atoms with Crippen molar-refractivity contribution in [2.45, 2.75) is 13.0 Å². The Morgan fingerprint density at radius 3 is 2.69 bits per heavy atom. The Labute approximate surface area is 155 Å². The van der Waals surface area contributed by atoms with Crippen LogP contribution in [0.15, 0.2) is 54.6 Å². The van der Waals surface area contributed by atoms with Gasteiger partial charge in [-0.1, -0.05) is 42.5 Å². The van der Waals surface area contributed by atoms with Gasteiger partial charge in [-0.15, -0.1) is 11.3 Å². The fourth-order valence-corrected chi connectivity index (χ4v) is 3.57. The third-order valence-corrected chi connectivity index (χ3v) is 4.89. The molecule has 0 bridgehead atoms. The van der Waals surface area contributed by atoms with Gasteiger partial charge in [0, 0.05) is 5.56 Å². The number of nitrogens with zero attached hydrogens (tertiary/aromatic N) is 1. The van der Waals surface area contributed by atoms with Crippen LogP contribution in [0, 0.1) is 6.92 Å². The first kappa shape index (κ1) is 16.6. The molecule has 1 aromatic heterocycles. The zero-order chi connectivity index (χ0) is 17.9. The fourth-order valence-electron chi connectivity index (χ4n) is 2.74. The summed E-state index contributed by atoms with van der Waals surface area (Å²) in [5.41, 5.74) is 1.55. The number of esters is 1. The maximum Gasteiger partial charge on any atom is 0.350 e. The average molecular weight is 367 g/mol. The normalized spacial score (nSPS) is 15.5. The van der Waals surface area contributed by atoms with Crippen molar-refractivity contribution < 1.29 is 19.0 Å². The SMILES string of the molecule is Cc1nc(-c2ccccc2)c(C(=O)OC[C@@H]2COc3ccccc3O2)s1. The Morgan fingerprint density at radius 1 is 1.15 bits per heavy atom. The van der Waals surface area contributed by atoms with Gasteiger partial charge in [0.2, 0.25) is 0 Å². The van der Waals surface area contributed by atoms with E-state index in [1.165, 1.54) is 11.3 Å². The van der Waals surface area contributed by atoms with Gasteiger partial charge in [-0.05, 0) is 19.1 Å². The molecule has 1 aliphatic rings. The lowest BCUT2D eigenvalue weighted by Crippen LogP contribution is -2.34. The molecule has 0 spiro atoms. The van der Waals surface area contributed by atoms with Crippen LogP contribution in [-0.2, 0) is 4.74 Å². The molecule has 0 radical (unpaired) electrons. The van der Waals surface area contributed by atoms with Gasteiger partial charge in [0.25, 0.3) is 0 Å². The number of benzene rings is 2. The topological polar surface area (TPSA) is 57.7 Å². The lowest BCUT2D eigenvalue weighted by molar-refractivity contribution is 0.0114. The summed E-state index contributed by atoms with van der Waals surface area (Å²) in [6.45, 7) is 2.35. The van der Waals surface area contributed by atoms with E-state index in [9.17, 15) is 4.79 Å². The van der Waals surface area contributed by atoms with Crippen molar-refractivity contribution in [3.63, 3.8) is 0 Å². The van der Waals surface area contributed by atoms with Crippen molar-refractivity contribution in [3.05, 3.63) is 64.5 Å². The molecule has 2 aromatic carbocycles. The van der Waals surface area contributed by atoms with E-state index < -0.39 is 5.97 Å². The van der Waals surface area contributed by atoms with Crippen molar-refractivity contribution in [3.8, 4) is 22.8 Å². The number of carbonyl (C=O) groups is 1. The second-order valence-electron chi connectivity index (χ2n) is 5.87. The zero-order valence-corrected chi connectivity index (χ0v) is 15.0. The first-order valence-electron chi connectivity index (χ1n) is 8.29. The third kappa shape index (κ3) is 3.41. The van der Waals surface area contributed by atoms with Crippen molar-refractivity contribution >= 4 is 17.3 Å². The monoisotopic (exact) mass is 367 g/mol. The van der Waals surface area contributed by atoms with Crippen molar-refractivity contribution in [2.24, 2.45) is 0 Å². The second-order valence-corrected chi connectivity index (χ2v) is 7.08. The van der Waals surface area contributed by atoms with Crippen LogP contribution < -0.4 is 9.47 Å². The molecule has 0 unspecified atom stereocenters. The molecule has 3 aromatic rings. The molecule has 26 heavy (non-hydrogen) atoms. The number of fused-ring (bicyclic) bond motifs is 1. The predicted molar refractivity (Wildman–Crippen MR) is 98.9 cm³/mol. The molecule has 0 amide bonds. The molecule has 1 atom stereocenters. The second kappa shape index (κ2) is 7.17. The van der Waals surface area contributed by atoms with Gasteiger partial charge in [0.05, 0.1) is 10.7 Å². The van der Waals surface area contributed by atoms with Crippen LogP contribution in [0.25, 0.3) is 11.3 Å². The largest absolute Gasteiger partial charge is 0.486 e. The van der Waals surface area contributed by atoms with Crippen molar-refractivity contribution in [1.29, 1.82) is 0 Å². The number of hydrogen-bond donors (Lipinski definition) is 0. The molecule has 5 nitrogen and oxygen atoms in total. The molecule has 0 saturated heterocycles. The number of para-hydroxylation sites is 2. The molecule has 132 valence electrons. The summed E-state index contributed by atoms with van der Waals surface area (Å²) in [6.07, 6.45) is -0.331. The fraction of sp³-hybridized carbons (Fsp3) is 0.200. The first-order valence-corrected chi connectivity index (χ1v) is 9.11. The summed E-state index contributed by atoms with van der Waals surface area (Å²) < 4.78 is 17.0. The summed E-state index contributed by atoms with van der Waals surface area (Å²) in [6, 6.07) is 17.1. The maximum atomic E-state index is 12.6. The Bertz CT molecular complexity index is 923. The van der Waals surface area contributed by atoms with E-state index in [0.717, 1.165) is 10.6 Å². The van der Waals surface area contributed by atoms with Gasteiger partial charge in [-0.3, -0.25) is 0 Å². The molecular weight excluding hydrogens is 350 g/mol. The predicted octanol–water partition coefficient (Wildman–Crippen LogP) is 4.12. The van der Waals surface area contributed by atoms with Crippen LogP contribution in [0.2, 0.25) is 0 Å². The van der Waals surface area contributed by atoms with E-state index in [0.29, 0.717) is 28.7 Å². The molecular formula is C20H17NO4S. The van der Waals surface area contributed by atoms with Crippen LogP contribution in [-0.4, -0.2) is 30.3 Å². The van der Waals surface area contributed by atoms with E-state index in [2.05, 4.69) is 4.98 Å². The summed E-state index contributed by atoms with van der Waals surface area (Å²) in [4.78, 5) is 17.6. The van der Waals surface area contributed by atoms with E-state index >= 15 is 0 Å². The third-order valence-electron chi connectivity index (χ3n) is 3.93. The minimum atomic E-state index is -0.392. The number of ether oxygens (including phenoxy) is 3. The lowest BCUT2D eigenvalue weighted by atomic mass is 10.1. The van der Waals surface area contributed by atoms with Crippen LogP contribution in [0.4, 0.5) is 0 Å².